The summed E-state index contributed by atoms with van der Waals surface area (Å²) in [7, 11) is 0. The number of aryl methyl sites for hydroxylation is 1. The topological polar surface area (TPSA) is 35.6 Å². The van der Waals surface area contributed by atoms with Crippen LogP contribution in [0.2, 0.25) is 0 Å². The molecule has 1 aliphatic rings. The van der Waals surface area contributed by atoms with Gasteiger partial charge in [0, 0.05) is 37.6 Å². The van der Waals surface area contributed by atoms with Crippen LogP contribution in [0, 0.1) is 5.82 Å². The van der Waals surface area contributed by atoms with Crippen LogP contribution in [0.5, 0.6) is 0 Å². The van der Waals surface area contributed by atoms with Crippen molar-refractivity contribution in [1.82, 2.24) is 4.90 Å². The number of nitrogens with zero attached hydrogens (tertiary/aromatic N) is 2. The van der Waals surface area contributed by atoms with E-state index in [-0.39, 0.29) is 17.8 Å². The molecular weight excluding hydrogens is 329 g/mol. The van der Waals surface area contributed by atoms with Gasteiger partial charge in [0.25, 0.3) is 0 Å². The van der Waals surface area contributed by atoms with Gasteiger partial charge in [-0.25, -0.2) is 4.39 Å². The number of carbonyl (C=O) groups is 1. The third-order valence-corrected chi connectivity index (χ3v) is 5.06. The first-order chi connectivity index (χ1) is 12.6. The molecule has 2 aromatic rings. The highest BCUT2D eigenvalue weighted by Crippen LogP contribution is 2.18. The molecule has 0 aliphatic carbocycles. The van der Waals surface area contributed by atoms with E-state index in [1.807, 2.05) is 31.2 Å². The monoisotopic (exact) mass is 355 g/mol. The van der Waals surface area contributed by atoms with Gasteiger partial charge in [-0.3, -0.25) is 9.69 Å². The molecule has 138 valence electrons. The lowest BCUT2D eigenvalue weighted by molar-refractivity contribution is -0.120. The third-order valence-electron chi connectivity index (χ3n) is 5.06. The molecule has 1 N–H and O–H groups in total. The highest BCUT2D eigenvalue weighted by molar-refractivity contribution is 5.94. The van der Waals surface area contributed by atoms with E-state index in [0.717, 1.165) is 44.0 Å². The molecule has 2 aromatic carbocycles. The minimum atomic E-state index is -0.218. The Kier molecular flexibility index (Phi) is 5.89. The quantitative estimate of drug-likeness (QED) is 0.891. The first-order valence-corrected chi connectivity index (χ1v) is 9.21. The van der Waals surface area contributed by atoms with E-state index in [2.05, 4.69) is 22.0 Å². The van der Waals surface area contributed by atoms with Gasteiger partial charge in [0.05, 0.1) is 6.04 Å². The molecule has 1 fully saturated rings. The van der Waals surface area contributed by atoms with Crippen LogP contribution in [0.15, 0.2) is 48.5 Å². The summed E-state index contributed by atoms with van der Waals surface area (Å²) in [5.74, 6) is -0.200. The van der Waals surface area contributed by atoms with Gasteiger partial charge in [0.2, 0.25) is 5.91 Å². The third kappa shape index (κ3) is 4.41. The Balaban J connectivity index is 1.52. The number of benzene rings is 2. The molecule has 0 radical (unpaired) electrons. The molecule has 1 heterocycles. The second-order valence-corrected chi connectivity index (χ2v) is 6.72. The molecule has 3 rings (SSSR count). The summed E-state index contributed by atoms with van der Waals surface area (Å²) in [5.41, 5.74) is 3.12. The summed E-state index contributed by atoms with van der Waals surface area (Å²) in [6.45, 7) is 7.33. The van der Waals surface area contributed by atoms with E-state index in [1.54, 1.807) is 12.1 Å². The van der Waals surface area contributed by atoms with Crippen molar-refractivity contribution in [3.8, 4) is 0 Å². The Morgan fingerprint density at radius 2 is 1.65 bits per heavy atom. The molecule has 0 aromatic heterocycles. The second kappa shape index (κ2) is 8.32. The minimum Gasteiger partial charge on any atom is -0.369 e. The number of halogens is 1. The molecule has 1 atom stereocenters. The molecule has 5 heteroatoms. The number of anilines is 2. The number of carbonyl (C=O) groups excluding carboxylic acids is 1. The van der Waals surface area contributed by atoms with Crippen LogP contribution >= 0.6 is 0 Å². The lowest BCUT2D eigenvalue weighted by Gasteiger charge is -2.38. The van der Waals surface area contributed by atoms with Crippen molar-refractivity contribution < 1.29 is 9.18 Å². The lowest BCUT2D eigenvalue weighted by Crippen LogP contribution is -2.52. The highest BCUT2D eigenvalue weighted by atomic mass is 19.1. The standard InChI is InChI=1S/C21H26FN3O/c1-3-17-4-8-19(9-5-17)23-21(26)16(2)24-12-14-25(15-13-24)20-10-6-18(22)7-11-20/h4-11,16H,3,12-15H2,1-2H3,(H,23,26). The highest BCUT2D eigenvalue weighted by Gasteiger charge is 2.25. The summed E-state index contributed by atoms with van der Waals surface area (Å²) in [4.78, 5) is 17.0. The Labute approximate surface area is 154 Å². The maximum absolute atomic E-state index is 13.1. The van der Waals surface area contributed by atoms with Crippen molar-refractivity contribution in [2.45, 2.75) is 26.3 Å². The predicted molar refractivity (Wildman–Crippen MR) is 104 cm³/mol. The predicted octanol–water partition coefficient (Wildman–Crippen LogP) is 3.54. The normalized spacial score (nSPS) is 16.3. The first kappa shape index (κ1) is 18.4. The molecule has 0 spiro atoms. The minimum absolute atomic E-state index is 0.0180. The average Bonchev–Trinajstić information content (AvgIpc) is 2.69. The van der Waals surface area contributed by atoms with Crippen molar-refractivity contribution in [3.05, 3.63) is 59.9 Å². The fourth-order valence-corrected chi connectivity index (χ4v) is 3.26. The SMILES string of the molecule is CCc1ccc(NC(=O)C(C)N2CCN(c3ccc(F)cc3)CC2)cc1. The van der Waals surface area contributed by atoms with Crippen LogP contribution in [0.3, 0.4) is 0 Å². The van der Waals surface area contributed by atoms with Gasteiger partial charge >= 0.3 is 0 Å². The van der Waals surface area contributed by atoms with Crippen LogP contribution in [-0.2, 0) is 11.2 Å². The van der Waals surface area contributed by atoms with Crippen LogP contribution in [0.25, 0.3) is 0 Å². The fraction of sp³-hybridized carbons (Fsp3) is 0.381. The largest absolute Gasteiger partial charge is 0.369 e. The maximum Gasteiger partial charge on any atom is 0.241 e. The van der Waals surface area contributed by atoms with Gasteiger partial charge in [0.15, 0.2) is 0 Å². The van der Waals surface area contributed by atoms with E-state index in [9.17, 15) is 9.18 Å². The van der Waals surface area contributed by atoms with Crippen LogP contribution in [0.1, 0.15) is 19.4 Å². The zero-order valence-electron chi connectivity index (χ0n) is 15.4. The van der Waals surface area contributed by atoms with Gasteiger partial charge in [-0.2, -0.15) is 0 Å². The van der Waals surface area contributed by atoms with E-state index in [4.69, 9.17) is 0 Å². The van der Waals surface area contributed by atoms with Crippen LogP contribution in [-0.4, -0.2) is 43.0 Å². The Morgan fingerprint density at radius 1 is 1.04 bits per heavy atom. The van der Waals surface area contributed by atoms with Crippen molar-refractivity contribution in [2.75, 3.05) is 36.4 Å². The molecule has 0 saturated carbocycles. The van der Waals surface area contributed by atoms with E-state index < -0.39 is 0 Å². The van der Waals surface area contributed by atoms with Gasteiger partial charge in [-0.15, -0.1) is 0 Å². The van der Waals surface area contributed by atoms with E-state index >= 15 is 0 Å². The molecule has 1 saturated heterocycles. The van der Waals surface area contributed by atoms with Gasteiger partial charge in [-0.1, -0.05) is 19.1 Å². The molecule has 4 nitrogen and oxygen atoms in total. The van der Waals surface area contributed by atoms with Crippen LogP contribution in [0.4, 0.5) is 15.8 Å². The van der Waals surface area contributed by atoms with Gasteiger partial charge in [-0.05, 0) is 55.3 Å². The molecule has 0 bridgehead atoms. The number of rotatable bonds is 5. The zero-order valence-corrected chi connectivity index (χ0v) is 15.4. The smallest absolute Gasteiger partial charge is 0.241 e. The molecule has 1 amide bonds. The molecular formula is C21H26FN3O. The summed E-state index contributed by atoms with van der Waals surface area (Å²) in [6.07, 6.45) is 0.989. The Hall–Kier alpha value is -2.40. The van der Waals surface area contributed by atoms with Crippen molar-refractivity contribution in [3.63, 3.8) is 0 Å². The molecule has 1 aliphatic heterocycles. The van der Waals surface area contributed by atoms with Crippen molar-refractivity contribution in [2.24, 2.45) is 0 Å². The van der Waals surface area contributed by atoms with Crippen LogP contribution < -0.4 is 10.2 Å². The number of amides is 1. The number of nitrogens with one attached hydrogen (secondary N) is 1. The summed E-state index contributed by atoms with van der Waals surface area (Å²) in [6, 6.07) is 14.4. The first-order valence-electron chi connectivity index (χ1n) is 9.21. The van der Waals surface area contributed by atoms with Crippen molar-refractivity contribution >= 4 is 17.3 Å². The van der Waals surface area contributed by atoms with E-state index in [0.29, 0.717) is 0 Å². The van der Waals surface area contributed by atoms with Gasteiger partial charge < -0.3 is 10.2 Å². The lowest BCUT2D eigenvalue weighted by atomic mass is 10.1. The number of hydrogen-bond acceptors (Lipinski definition) is 3. The summed E-state index contributed by atoms with van der Waals surface area (Å²) < 4.78 is 13.1. The van der Waals surface area contributed by atoms with Crippen molar-refractivity contribution in [1.29, 1.82) is 0 Å². The summed E-state index contributed by atoms with van der Waals surface area (Å²) in [5, 5.41) is 3.00. The Bertz CT molecular complexity index is 722. The average molecular weight is 355 g/mol. The molecule has 26 heavy (non-hydrogen) atoms. The van der Waals surface area contributed by atoms with Gasteiger partial charge in [0.1, 0.15) is 5.82 Å². The Morgan fingerprint density at radius 3 is 2.23 bits per heavy atom. The van der Waals surface area contributed by atoms with E-state index in [1.165, 1.54) is 17.7 Å². The molecule has 1 unspecified atom stereocenters. The number of piperazine rings is 1. The zero-order chi connectivity index (χ0) is 18.5. The maximum atomic E-state index is 13.1. The number of hydrogen-bond donors (Lipinski definition) is 1. The fourth-order valence-electron chi connectivity index (χ4n) is 3.26. The second-order valence-electron chi connectivity index (χ2n) is 6.72. The summed E-state index contributed by atoms with van der Waals surface area (Å²) >= 11 is 0.